The van der Waals surface area contributed by atoms with Crippen molar-refractivity contribution in [1.29, 1.82) is 0 Å². The first-order chi connectivity index (χ1) is 11.9. The minimum atomic E-state index is -4.40. The van der Waals surface area contributed by atoms with E-state index in [2.05, 4.69) is 10.3 Å². The lowest BCUT2D eigenvalue weighted by Gasteiger charge is -2.18. The number of alkyl halides is 3. The number of pyridine rings is 1. The van der Waals surface area contributed by atoms with Crippen LogP contribution in [0.3, 0.4) is 0 Å². The fraction of sp³-hybridized carbons (Fsp3) is 0.333. The molecule has 0 fully saturated rings. The average Bonchev–Trinajstić information content (AvgIpc) is 2.59. The molecule has 132 valence electrons. The monoisotopic (exact) mass is 350 g/mol. The van der Waals surface area contributed by atoms with Gasteiger partial charge in [0.15, 0.2) is 6.61 Å². The molecular formula is C18H17F3N2O2. The summed E-state index contributed by atoms with van der Waals surface area (Å²) in [7, 11) is 0. The van der Waals surface area contributed by atoms with Gasteiger partial charge in [-0.2, -0.15) is 13.2 Å². The molecule has 0 spiro atoms. The molecule has 1 amide bonds. The third kappa shape index (κ3) is 4.29. The predicted molar refractivity (Wildman–Crippen MR) is 86.4 cm³/mol. The second-order valence-corrected chi connectivity index (χ2v) is 5.85. The molecule has 1 N–H and O–H groups in total. The molecule has 7 heteroatoms. The number of nitrogens with zero attached hydrogens (tertiary/aromatic N) is 1. The fourth-order valence-corrected chi connectivity index (χ4v) is 2.81. The van der Waals surface area contributed by atoms with Crippen molar-refractivity contribution in [3.05, 3.63) is 53.3 Å². The summed E-state index contributed by atoms with van der Waals surface area (Å²) in [5, 5.41) is 2.52. The number of nitrogens with one attached hydrogen (secondary N) is 1. The zero-order valence-corrected chi connectivity index (χ0v) is 13.4. The molecule has 1 aliphatic carbocycles. The lowest BCUT2D eigenvalue weighted by atomic mass is 9.95. The van der Waals surface area contributed by atoms with Gasteiger partial charge in [0.1, 0.15) is 5.75 Å². The Morgan fingerprint density at radius 3 is 2.56 bits per heavy atom. The van der Waals surface area contributed by atoms with Crippen molar-refractivity contribution in [2.24, 2.45) is 0 Å². The van der Waals surface area contributed by atoms with E-state index in [0.29, 0.717) is 11.4 Å². The van der Waals surface area contributed by atoms with Crippen LogP contribution in [0, 0.1) is 0 Å². The molecule has 0 radical (unpaired) electrons. The van der Waals surface area contributed by atoms with Crippen molar-refractivity contribution in [1.82, 2.24) is 4.98 Å². The average molecular weight is 350 g/mol. The van der Waals surface area contributed by atoms with Crippen LogP contribution in [-0.2, 0) is 23.8 Å². The summed E-state index contributed by atoms with van der Waals surface area (Å²) < 4.78 is 43.1. The predicted octanol–water partition coefficient (Wildman–Crippen LogP) is 4.00. The van der Waals surface area contributed by atoms with E-state index >= 15 is 0 Å². The number of aryl methyl sites for hydroxylation is 1. The Hall–Kier alpha value is -2.57. The van der Waals surface area contributed by atoms with Gasteiger partial charge in [0.05, 0.1) is 5.56 Å². The number of rotatable bonds is 4. The third-order valence-electron chi connectivity index (χ3n) is 4.05. The van der Waals surface area contributed by atoms with E-state index in [9.17, 15) is 18.0 Å². The molecule has 0 bridgehead atoms. The number of carbonyl (C=O) groups is 1. The SMILES string of the molecule is O=C(COc1ccnc2c1CCCC2)Nc1ccc(C(F)(F)F)cc1. The number of aromatic nitrogens is 1. The first-order valence-corrected chi connectivity index (χ1v) is 8.00. The third-order valence-corrected chi connectivity index (χ3v) is 4.05. The molecule has 2 aromatic rings. The van der Waals surface area contributed by atoms with Gasteiger partial charge >= 0.3 is 6.18 Å². The first-order valence-electron chi connectivity index (χ1n) is 8.00. The highest BCUT2D eigenvalue weighted by Crippen LogP contribution is 2.30. The van der Waals surface area contributed by atoms with Gasteiger partial charge < -0.3 is 10.1 Å². The summed E-state index contributed by atoms with van der Waals surface area (Å²) in [6.07, 6.45) is 1.20. The molecule has 0 aliphatic heterocycles. The van der Waals surface area contributed by atoms with Gasteiger partial charge in [0.25, 0.3) is 5.91 Å². The summed E-state index contributed by atoms with van der Waals surface area (Å²) in [6.45, 7) is -0.211. The molecule has 1 heterocycles. The lowest BCUT2D eigenvalue weighted by molar-refractivity contribution is -0.137. The van der Waals surface area contributed by atoms with Gasteiger partial charge in [-0.05, 0) is 56.0 Å². The minimum absolute atomic E-state index is 0.211. The Morgan fingerprint density at radius 1 is 1.12 bits per heavy atom. The number of hydrogen-bond donors (Lipinski definition) is 1. The largest absolute Gasteiger partial charge is 0.483 e. The van der Waals surface area contributed by atoms with Gasteiger partial charge in [0.2, 0.25) is 0 Å². The van der Waals surface area contributed by atoms with Crippen molar-refractivity contribution in [2.45, 2.75) is 31.9 Å². The van der Waals surface area contributed by atoms with Crippen LogP contribution >= 0.6 is 0 Å². The second kappa shape index (κ2) is 7.13. The Morgan fingerprint density at radius 2 is 1.84 bits per heavy atom. The van der Waals surface area contributed by atoms with Crippen molar-refractivity contribution >= 4 is 11.6 Å². The Bertz CT molecular complexity index is 758. The Balaban J connectivity index is 1.58. The smallest absolute Gasteiger partial charge is 0.416 e. The maximum atomic E-state index is 12.5. The van der Waals surface area contributed by atoms with Gasteiger partial charge in [0, 0.05) is 23.1 Å². The van der Waals surface area contributed by atoms with Crippen LogP contribution in [0.2, 0.25) is 0 Å². The van der Waals surface area contributed by atoms with E-state index in [0.717, 1.165) is 49.1 Å². The summed E-state index contributed by atoms with van der Waals surface area (Å²) in [5.41, 5.74) is 1.58. The molecule has 0 atom stereocenters. The van der Waals surface area contributed by atoms with Crippen LogP contribution in [0.1, 0.15) is 29.7 Å². The van der Waals surface area contributed by atoms with E-state index < -0.39 is 17.6 Å². The number of anilines is 1. The minimum Gasteiger partial charge on any atom is -0.483 e. The summed E-state index contributed by atoms with van der Waals surface area (Å²) in [6, 6.07) is 6.02. The molecule has 4 nitrogen and oxygen atoms in total. The van der Waals surface area contributed by atoms with E-state index in [-0.39, 0.29) is 6.61 Å². The molecular weight excluding hydrogens is 333 g/mol. The fourth-order valence-electron chi connectivity index (χ4n) is 2.81. The van der Waals surface area contributed by atoms with E-state index in [4.69, 9.17) is 4.74 Å². The topological polar surface area (TPSA) is 51.2 Å². The van der Waals surface area contributed by atoms with Crippen molar-refractivity contribution in [2.75, 3.05) is 11.9 Å². The van der Waals surface area contributed by atoms with Crippen LogP contribution in [-0.4, -0.2) is 17.5 Å². The van der Waals surface area contributed by atoms with E-state index in [1.807, 2.05) is 0 Å². The maximum absolute atomic E-state index is 12.5. The van der Waals surface area contributed by atoms with Crippen molar-refractivity contribution < 1.29 is 22.7 Å². The number of benzene rings is 1. The zero-order valence-electron chi connectivity index (χ0n) is 13.4. The number of hydrogen-bond acceptors (Lipinski definition) is 3. The van der Waals surface area contributed by atoms with Crippen LogP contribution in [0.4, 0.5) is 18.9 Å². The molecule has 1 aliphatic rings. The zero-order chi connectivity index (χ0) is 17.9. The Kier molecular flexibility index (Phi) is 4.92. The number of fused-ring (bicyclic) bond motifs is 1. The molecule has 0 saturated heterocycles. The highest BCUT2D eigenvalue weighted by Gasteiger charge is 2.30. The summed E-state index contributed by atoms with van der Waals surface area (Å²) in [4.78, 5) is 16.3. The molecule has 3 rings (SSSR count). The number of carbonyl (C=O) groups excluding carboxylic acids is 1. The number of amides is 1. The molecule has 25 heavy (non-hydrogen) atoms. The van der Waals surface area contributed by atoms with Crippen LogP contribution in [0.15, 0.2) is 36.5 Å². The van der Waals surface area contributed by atoms with Gasteiger partial charge in [-0.1, -0.05) is 0 Å². The molecule has 1 aromatic heterocycles. The number of halogens is 3. The molecule has 1 aromatic carbocycles. The van der Waals surface area contributed by atoms with Gasteiger partial charge in [-0.15, -0.1) is 0 Å². The second-order valence-electron chi connectivity index (χ2n) is 5.85. The summed E-state index contributed by atoms with van der Waals surface area (Å²) in [5.74, 6) is 0.216. The lowest BCUT2D eigenvalue weighted by Crippen LogP contribution is -2.21. The summed E-state index contributed by atoms with van der Waals surface area (Å²) >= 11 is 0. The first kappa shape index (κ1) is 17.3. The van der Waals surface area contributed by atoms with E-state index in [1.54, 1.807) is 12.3 Å². The standard InChI is InChI=1S/C18H17F3N2O2/c19-18(20,21)12-5-7-13(8-6-12)23-17(24)11-25-16-9-10-22-15-4-2-1-3-14(15)16/h5-10H,1-4,11H2,(H,23,24). The van der Waals surface area contributed by atoms with E-state index in [1.165, 1.54) is 12.1 Å². The normalized spacial score (nSPS) is 13.9. The maximum Gasteiger partial charge on any atom is 0.416 e. The van der Waals surface area contributed by atoms with Crippen molar-refractivity contribution in [3.63, 3.8) is 0 Å². The highest BCUT2D eigenvalue weighted by atomic mass is 19.4. The quantitative estimate of drug-likeness (QED) is 0.907. The van der Waals surface area contributed by atoms with Crippen LogP contribution < -0.4 is 10.1 Å². The van der Waals surface area contributed by atoms with Crippen molar-refractivity contribution in [3.8, 4) is 5.75 Å². The molecule has 0 unspecified atom stereocenters. The van der Waals surface area contributed by atoms with Crippen LogP contribution in [0.25, 0.3) is 0 Å². The van der Waals surface area contributed by atoms with Crippen LogP contribution in [0.5, 0.6) is 5.75 Å². The number of ether oxygens (including phenoxy) is 1. The van der Waals surface area contributed by atoms with Gasteiger partial charge in [-0.3, -0.25) is 9.78 Å². The molecule has 0 saturated carbocycles. The van der Waals surface area contributed by atoms with Gasteiger partial charge in [-0.25, -0.2) is 0 Å². The Labute approximate surface area is 143 Å². The highest BCUT2D eigenvalue weighted by molar-refractivity contribution is 5.91.